The third kappa shape index (κ3) is 2.62. The fraction of sp³-hybridized carbons (Fsp3) is 0.286. The fourth-order valence-electron chi connectivity index (χ4n) is 2.02. The predicted octanol–water partition coefficient (Wildman–Crippen LogP) is 5.06. The molecule has 1 heterocycles. The first-order chi connectivity index (χ1) is 9.19. The van der Waals surface area contributed by atoms with Gasteiger partial charge in [-0.3, -0.25) is 0 Å². The maximum Gasteiger partial charge on any atom is 0.125 e. The molecule has 0 spiro atoms. The Hall–Kier alpha value is -1.08. The average Bonchev–Trinajstić information content (AvgIpc) is 3.12. The Morgan fingerprint density at radius 1 is 1.37 bits per heavy atom. The van der Waals surface area contributed by atoms with Crippen molar-refractivity contribution in [3.05, 3.63) is 38.8 Å². The SMILES string of the molecule is N#CCc1sc(-c2ccc(Cl)cc2Cl)nc1C1CC1. The van der Waals surface area contributed by atoms with Crippen LogP contribution in [0.4, 0.5) is 0 Å². The van der Waals surface area contributed by atoms with Gasteiger partial charge >= 0.3 is 0 Å². The molecular weight excluding hydrogens is 299 g/mol. The van der Waals surface area contributed by atoms with E-state index in [1.807, 2.05) is 12.1 Å². The summed E-state index contributed by atoms with van der Waals surface area (Å²) < 4.78 is 0. The van der Waals surface area contributed by atoms with Gasteiger partial charge in [0.2, 0.25) is 0 Å². The molecule has 1 aliphatic rings. The summed E-state index contributed by atoms with van der Waals surface area (Å²) in [4.78, 5) is 5.77. The Balaban J connectivity index is 2.05. The number of benzene rings is 1. The maximum atomic E-state index is 8.90. The van der Waals surface area contributed by atoms with Crippen molar-refractivity contribution in [2.24, 2.45) is 0 Å². The summed E-state index contributed by atoms with van der Waals surface area (Å²) in [7, 11) is 0. The Kier molecular flexibility index (Phi) is 3.49. The highest BCUT2D eigenvalue weighted by Crippen LogP contribution is 2.45. The molecule has 0 bridgehead atoms. The van der Waals surface area contributed by atoms with Gasteiger partial charge in [0.05, 0.1) is 23.2 Å². The minimum Gasteiger partial charge on any atom is -0.240 e. The van der Waals surface area contributed by atoms with Crippen LogP contribution in [0.5, 0.6) is 0 Å². The summed E-state index contributed by atoms with van der Waals surface area (Å²) in [6.07, 6.45) is 2.78. The molecule has 2 nitrogen and oxygen atoms in total. The monoisotopic (exact) mass is 308 g/mol. The molecule has 0 N–H and O–H groups in total. The van der Waals surface area contributed by atoms with E-state index in [-0.39, 0.29) is 0 Å². The molecular formula is C14H10Cl2N2S. The summed E-state index contributed by atoms with van der Waals surface area (Å²) in [6, 6.07) is 7.63. The normalized spacial score (nSPS) is 14.4. The zero-order chi connectivity index (χ0) is 13.4. The van der Waals surface area contributed by atoms with E-state index in [1.165, 1.54) is 12.8 Å². The Bertz CT molecular complexity index is 669. The fourth-order valence-corrected chi connectivity index (χ4v) is 3.69. The Morgan fingerprint density at radius 3 is 2.79 bits per heavy atom. The van der Waals surface area contributed by atoms with E-state index in [1.54, 1.807) is 17.4 Å². The number of hydrogen-bond acceptors (Lipinski definition) is 3. The lowest BCUT2D eigenvalue weighted by Gasteiger charge is -2.00. The van der Waals surface area contributed by atoms with E-state index in [0.29, 0.717) is 22.4 Å². The van der Waals surface area contributed by atoms with E-state index in [9.17, 15) is 0 Å². The van der Waals surface area contributed by atoms with Crippen LogP contribution in [0.3, 0.4) is 0 Å². The number of halogens is 2. The molecule has 0 amide bonds. The van der Waals surface area contributed by atoms with E-state index in [0.717, 1.165) is 21.1 Å². The highest BCUT2D eigenvalue weighted by Gasteiger charge is 2.29. The minimum atomic E-state index is 0.425. The van der Waals surface area contributed by atoms with Crippen molar-refractivity contribution in [2.75, 3.05) is 0 Å². The molecule has 96 valence electrons. The zero-order valence-electron chi connectivity index (χ0n) is 9.99. The summed E-state index contributed by atoms with van der Waals surface area (Å²) in [5, 5.41) is 11.0. The number of rotatable bonds is 3. The zero-order valence-corrected chi connectivity index (χ0v) is 12.3. The summed E-state index contributed by atoms with van der Waals surface area (Å²) in [6.45, 7) is 0. The van der Waals surface area contributed by atoms with Crippen molar-refractivity contribution < 1.29 is 0 Å². The number of nitrogens with zero attached hydrogens (tertiary/aromatic N) is 2. The van der Waals surface area contributed by atoms with Gasteiger partial charge in [-0.15, -0.1) is 11.3 Å². The molecule has 0 atom stereocenters. The van der Waals surface area contributed by atoms with Gasteiger partial charge in [0.15, 0.2) is 0 Å². The molecule has 0 aliphatic heterocycles. The number of nitriles is 1. The Morgan fingerprint density at radius 2 is 2.16 bits per heavy atom. The predicted molar refractivity (Wildman–Crippen MR) is 78.9 cm³/mol. The average molecular weight is 309 g/mol. The number of hydrogen-bond donors (Lipinski definition) is 0. The molecule has 1 saturated carbocycles. The van der Waals surface area contributed by atoms with Gasteiger partial charge in [-0.25, -0.2) is 4.98 Å². The molecule has 1 aliphatic carbocycles. The molecule has 1 aromatic carbocycles. The molecule has 2 aromatic rings. The second kappa shape index (κ2) is 5.13. The van der Waals surface area contributed by atoms with Crippen LogP contribution in [0.2, 0.25) is 10.0 Å². The lowest BCUT2D eigenvalue weighted by molar-refractivity contribution is 1.02. The molecule has 1 aromatic heterocycles. The second-order valence-corrected chi connectivity index (χ2v) is 6.49. The summed E-state index contributed by atoms with van der Waals surface area (Å²) in [5.41, 5.74) is 1.98. The van der Waals surface area contributed by atoms with E-state index in [4.69, 9.17) is 33.4 Å². The van der Waals surface area contributed by atoms with Crippen molar-refractivity contribution in [1.29, 1.82) is 5.26 Å². The van der Waals surface area contributed by atoms with Crippen LogP contribution in [0.25, 0.3) is 10.6 Å². The first-order valence-corrected chi connectivity index (χ1v) is 7.58. The topological polar surface area (TPSA) is 36.7 Å². The molecule has 0 saturated heterocycles. The maximum absolute atomic E-state index is 8.90. The van der Waals surface area contributed by atoms with Crippen molar-refractivity contribution >= 4 is 34.5 Å². The van der Waals surface area contributed by atoms with Gasteiger partial charge in [0.1, 0.15) is 5.01 Å². The highest BCUT2D eigenvalue weighted by atomic mass is 35.5. The minimum absolute atomic E-state index is 0.425. The van der Waals surface area contributed by atoms with Crippen molar-refractivity contribution in [3.63, 3.8) is 0 Å². The molecule has 5 heteroatoms. The van der Waals surface area contributed by atoms with E-state index < -0.39 is 0 Å². The first kappa shape index (κ1) is 12.9. The third-order valence-corrected chi connectivity index (χ3v) is 4.74. The lowest BCUT2D eigenvalue weighted by Crippen LogP contribution is -1.86. The van der Waals surface area contributed by atoms with Gasteiger partial charge in [-0.2, -0.15) is 5.26 Å². The van der Waals surface area contributed by atoms with Gasteiger partial charge < -0.3 is 0 Å². The van der Waals surface area contributed by atoms with E-state index in [2.05, 4.69) is 6.07 Å². The first-order valence-electron chi connectivity index (χ1n) is 6.01. The van der Waals surface area contributed by atoms with E-state index >= 15 is 0 Å². The van der Waals surface area contributed by atoms with Gasteiger partial charge in [0.25, 0.3) is 0 Å². The van der Waals surface area contributed by atoms with Crippen LogP contribution in [0, 0.1) is 11.3 Å². The van der Waals surface area contributed by atoms with Crippen LogP contribution in [-0.2, 0) is 6.42 Å². The largest absolute Gasteiger partial charge is 0.240 e. The summed E-state index contributed by atoms with van der Waals surface area (Å²) in [5.74, 6) is 0.541. The van der Waals surface area contributed by atoms with Crippen molar-refractivity contribution in [2.45, 2.75) is 25.2 Å². The van der Waals surface area contributed by atoms with Crippen LogP contribution in [0.1, 0.15) is 29.3 Å². The third-order valence-electron chi connectivity index (χ3n) is 3.09. The Labute approximate surface area is 125 Å². The van der Waals surface area contributed by atoms with Gasteiger partial charge in [-0.05, 0) is 31.0 Å². The smallest absolute Gasteiger partial charge is 0.125 e. The second-order valence-electron chi connectivity index (χ2n) is 4.56. The van der Waals surface area contributed by atoms with Gasteiger partial charge in [0, 0.05) is 21.4 Å². The van der Waals surface area contributed by atoms with Crippen LogP contribution < -0.4 is 0 Å². The quantitative estimate of drug-likeness (QED) is 0.794. The molecule has 3 rings (SSSR count). The molecule has 19 heavy (non-hydrogen) atoms. The molecule has 0 radical (unpaired) electrons. The lowest BCUT2D eigenvalue weighted by atomic mass is 10.2. The number of thiazole rings is 1. The summed E-state index contributed by atoms with van der Waals surface area (Å²) >= 11 is 13.7. The van der Waals surface area contributed by atoms with Gasteiger partial charge in [-0.1, -0.05) is 23.2 Å². The van der Waals surface area contributed by atoms with Crippen LogP contribution in [0.15, 0.2) is 18.2 Å². The highest BCUT2D eigenvalue weighted by molar-refractivity contribution is 7.15. The standard InChI is InChI=1S/C14H10Cl2N2S/c15-9-3-4-10(11(16)7-9)14-18-13(8-1-2-8)12(19-14)5-6-17/h3-4,7-8H,1-2,5H2. The van der Waals surface area contributed by atoms with Crippen LogP contribution in [-0.4, -0.2) is 4.98 Å². The van der Waals surface area contributed by atoms with Crippen molar-refractivity contribution in [3.8, 4) is 16.6 Å². The van der Waals surface area contributed by atoms with Crippen molar-refractivity contribution in [1.82, 2.24) is 4.98 Å². The number of aromatic nitrogens is 1. The van der Waals surface area contributed by atoms with Crippen LogP contribution >= 0.6 is 34.5 Å². The molecule has 1 fully saturated rings. The molecule has 0 unspecified atom stereocenters.